The van der Waals surface area contributed by atoms with Gasteiger partial charge in [-0.05, 0) is 147 Å². The number of aliphatic hydroxyl groups excluding tert-OH is 1. The van der Waals surface area contributed by atoms with Crippen molar-refractivity contribution in [2.24, 2.45) is 5.41 Å². The number of β-amino-alcohol motifs (C(OH)–C–C–N with tert-alkyl or cyclic N) is 1. The number of hydrogen-bond donors (Lipinski definition) is 5. The van der Waals surface area contributed by atoms with Crippen LogP contribution in [0, 0.1) is 12.3 Å². The summed E-state index contributed by atoms with van der Waals surface area (Å²) < 4.78 is 100. The van der Waals surface area contributed by atoms with E-state index in [1.807, 2.05) is 106 Å². The Morgan fingerprint density at radius 3 is 2.10 bits per heavy atom. The van der Waals surface area contributed by atoms with Crippen LogP contribution in [0.2, 0.25) is 5.02 Å². The maximum absolute atomic E-state index is 14.6. The van der Waals surface area contributed by atoms with E-state index in [1.165, 1.54) is 45.5 Å². The Balaban J connectivity index is 0.688. The SMILES string of the molecule is Cc1ncsc1-c1ccc([C@H](C)NC(=O)[C@@H]2C[C@@H](O)CN2C(=O)[C@@H](NC(=O)CCCCCC(=O)N2CCN(CC[C@H](CSc3ccccc3)Nc3ccc(S(=O)(=O)NC(=O)c4ccc(N5CCN(CC6=C(c7ccc(Cl)cc7)CCN(C)C6)CC5)cc4)cc3S(=O)(=O)C(F)(F)F)CC2)C(C)(C)C)cc1. The summed E-state index contributed by atoms with van der Waals surface area (Å²) in [6.07, 6.45) is 2.19. The number of likely N-dealkylation sites (N-methyl/N-ethyl adjacent to an activating group) is 1. The topological polar surface area (TPSA) is 254 Å². The highest BCUT2D eigenvalue weighted by Gasteiger charge is 2.49. The van der Waals surface area contributed by atoms with E-state index >= 15 is 0 Å². The van der Waals surface area contributed by atoms with Crippen LogP contribution in [0.3, 0.4) is 0 Å². The number of sulfonamides is 1. The molecule has 104 heavy (non-hydrogen) atoms. The van der Waals surface area contributed by atoms with Gasteiger partial charge in [0.25, 0.3) is 25.8 Å². The van der Waals surface area contributed by atoms with Crippen molar-refractivity contribution in [2.75, 3.05) is 108 Å². The normalized spacial score (nSPS) is 18.4. The van der Waals surface area contributed by atoms with Crippen molar-refractivity contribution in [2.45, 2.75) is 136 Å². The van der Waals surface area contributed by atoms with Crippen LogP contribution in [0.15, 0.2) is 147 Å². The number of sulfone groups is 1. The van der Waals surface area contributed by atoms with E-state index in [1.54, 1.807) is 33.9 Å². The molecule has 3 fully saturated rings. The van der Waals surface area contributed by atoms with Crippen molar-refractivity contribution in [3.05, 3.63) is 160 Å². The summed E-state index contributed by atoms with van der Waals surface area (Å²) in [5.41, 5.74) is 2.19. The monoisotopic (exact) mass is 1530 g/mol. The molecule has 29 heteroatoms. The van der Waals surface area contributed by atoms with Crippen LogP contribution in [0.1, 0.15) is 112 Å². The van der Waals surface area contributed by atoms with Gasteiger partial charge in [-0.15, -0.1) is 23.1 Å². The molecule has 0 radical (unpaired) electrons. The van der Waals surface area contributed by atoms with E-state index in [0.717, 1.165) is 83.6 Å². The van der Waals surface area contributed by atoms with Crippen LogP contribution >= 0.6 is 34.7 Å². The first-order valence-electron chi connectivity index (χ1n) is 35.2. The second kappa shape index (κ2) is 34.9. The molecule has 0 bridgehead atoms. The summed E-state index contributed by atoms with van der Waals surface area (Å²) in [5, 5.41) is 20.4. The number of thioether (sulfide) groups is 1. The van der Waals surface area contributed by atoms with Crippen molar-refractivity contribution < 1.29 is 59.1 Å². The average molecular weight is 1530 g/mol. The first-order valence-corrected chi connectivity index (χ1v) is 40.4. The molecule has 5 atom stereocenters. The van der Waals surface area contributed by atoms with E-state index in [0.29, 0.717) is 82.6 Å². The number of benzene rings is 5. The minimum atomic E-state index is -6.18. The lowest BCUT2D eigenvalue weighted by atomic mass is 9.85. The number of aliphatic hydroxyl groups is 1. The first kappa shape index (κ1) is 79.2. The molecule has 4 aliphatic rings. The molecule has 10 rings (SSSR count). The number of aryl methyl sites for hydroxylation is 1. The third-order valence-electron chi connectivity index (χ3n) is 19.6. The number of carbonyl (C=O) groups is 5. The number of hydrogen-bond acceptors (Lipinski definition) is 18. The van der Waals surface area contributed by atoms with E-state index < -0.39 is 94.3 Å². The van der Waals surface area contributed by atoms with Gasteiger partial charge in [0.2, 0.25) is 23.6 Å². The number of amides is 5. The molecule has 4 aliphatic heterocycles. The molecule has 560 valence electrons. The highest BCUT2D eigenvalue weighted by molar-refractivity contribution is 7.99. The Morgan fingerprint density at radius 1 is 0.779 bits per heavy atom. The molecule has 6 aromatic rings. The van der Waals surface area contributed by atoms with Crippen molar-refractivity contribution >= 4 is 101 Å². The van der Waals surface area contributed by atoms with Gasteiger partial charge in [-0.25, -0.2) is 26.5 Å². The molecule has 0 spiro atoms. The quantitative estimate of drug-likeness (QED) is 0.0226. The predicted molar refractivity (Wildman–Crippen MR) is 402 cm³/mol. The Hall–Kier alpha value is -7.41. The smallest absolute Gasteiger partial charge is 0.391 e. The third-order valence-corrected chi connectivity index (χ3v) is 24.9. The molecule has 21 nitrogen and oxygen atoms in total. The van der Waals surface area contributed by atoms with Crippen LogP contribution in [0.5, 0.6) is 0 Å². The van der Waals surface area contributed by atoms with Gasteiger partial charge >= 0.3 is 5.51 Å². The molecule has 0 saturated carbocycles. The lowest BCUT2D eigenvalue weighted by Gasteiger charge is -2.38. The number of aromatic nitrogens is 1. The number of alkyl halides is 3. The van der Waals surface area contributed by atoms with Crippen LogP contribution < -0.4 is 25.6 Å². The fourth-order valence-electron chi connectivity index (χ4n) is 13.6. The van der Waals surface area contributed by atoms with Crippen LogP contribution in [-0.2, 0) is 39.0 Å². The highest BCUT2D eigenvalue weighted by atomic mass is 35.5. The first-order chi connectivity index (χ1) is 49.4. The van der Waals surface area contributed by atoms with Crippen LogP contribution in [0.4, 0.5) is 24.5 Å². The van der Waals surface area contributed by atoms with Gasteiger partial charge in [0.05, 0.1) is 38.8 Å². The third kappa shape index (κ3) is 20.6. The van der Waals surface area contributed by atoms with E-state index in [-0.39, 0.29) is 48.9 Å². The zero-order chi connectivity index (χ0) is 74.7. The lowest BCUT2D eigenvalue weighted by Crippen LogP contribution is -2.57. The zero-order valence-electron chi connectivity index (χ0n) is 59.5. The number of piperazine rings is 2. The number of likely N-dealkylation sites (tertiary alicyclic amines) is 1. The summed E-state index contributed by atoms with van der Waals surface area (Å²) in [5.74, 6) is -2.11. The van der Waals surface area contributed by atoms with E-state index in [4.69, 9.17) is 11.6 Å². The number of rotatable bonds is 28. The summed E-state index contributed by atoms with van der Waals surface area (Å²) >= 11 is 9.13. The molecule has 5 amide bonds. The van der Waals surface area contributed by atoms with Gasteiger partial charge < -0.3 is 40.7 Å². The standard InChI is InChI=1S/C75H93ClF3N11O10S4/c1-50(52-17-19-54(20-18-52)69-51(2)80-49-102-69)81-72(95)65-43-60(91)47-90(65)73(96)70(74(3,4)5)83-67(92)15-11-8-12-16-68(93)89-41-35-86(36-42-89)34-31-58(48-101-61-13-9-7-10-14-61)82-64-30-29-62(44-66(64)103(97,98)75(77,78)79)104(99,100)84-71(94)55-23-27-59(28-24-55)88-39-37-87(38-40-88)46-56-45-85(6)33-32-63(56)53-21-25-57(76)26-22-53/h7,9-10,13-14,17-30,44,49-50,58,60,65,70,82,91H,8,11-12,15-16,31-43,45-48H2,1-6H3,(H,81,95)(H,83,92)(H,84,94)/t50-,58+,60+,65-,70+/m0/s1. The number of nitrogens with zero attached hydrogens (tertiary/aromatic N) is 7. The molecular formula is C75H93ClF3N11O10S4. The number of nitrogens with one attached hydrogen (secondary N) is 4. The van der Waals surface area contributed by atoms with Crippen molar-refractivity contribution in [3.63, 3.8) is 0 Å². The molecule has 5 aromatic carbocycles. The van der Waals surface area contributed by atoms with Crippen molar-refractivity contribution in [3.8, 4) is 10.4 Å². The van der Waals surface area contributed by atoms with Crippen LogP contribution in [-0.4, -0.2) is 209 Å². The second-order valence-corrected chi connectivity index (χ2v) is 34.3. The van der Waals surface area contributed by atoms with E-state index in [9.17, 15) is 59.1 Å². The lowest BCUT2D eigenvalue weighted by molar-refractivity contribution is -0.144. The van der Waals surface area contributed by atoms with Crippen LogP contribution in [0.25, 0.3) is 16.0 Å². The minimum absolute atomic E-state index is 0.0454. The van der Waals surface area contributed by atoms with E-state index in [2.05, 4.69) is 59.7 Å². The molecule has 0 unspecified atom stereocenters. The molecule has 1 aromatic heterocycles. The Kier molecular flexibility index (Phi) is 26.5. The molecule has 5 heterocycles. The highest BCUT2D eigenvalue weighted by Crippen LogP contribution is 2.38. The van der Waals surface area contributed by atoms with Gasteiger partial charge in [0.1, 0.15) is 17.0 Å². The number of halogens is 4. The number of carbonyl (C=O) groups excluding carboxylic acids is 5. The van der Waals surface area contributed by atoms with Crippen molar-refractivity contribution in [1.82, 2.24) is 44.8 Å². The molecular weight excluding hydrogens is 1440 g/mol. The Labute approximate surface area is 621 Å². The number of thiazole rings is 1. The summed E-state index contributed by atoms with van der Waals surface area (Å²) in [6, 6.07) is 30.6. The second-order valence-electron chi connectivity index (χ2n) is 28.3. The van der Waals surface area contributed by atoms with Gasteiger partial charge in [-0.1, -0.05) is 93.4 Å². The minimum Gasteiger partial charge on any atom is -0.391 e. The predicted octanol–water partition coefficient (Wildman–Crippen LogP) is 10.5. The van der Waals surface area contributed by atoms with Gasteiger partial charge in [-0.3, -0.25) is 33.8 Å². The Bertz CT molecular complexity index is 4250. The summed E-state index contributed by atoms with van der Waals surface area (Å²) in [4.78, 5) is 84.8. The summed E-state index contributed by atoms with van der Waals surface area (Å²) in [7, 11) is -9.01. The summed E-state index contributed by atoms with van der Waals surface area (Å²) in [6.45, 7) is 16.9. The molecule has 5 N–H and O–H groups in total. The number of unbranched alkanes of at least 4 members (excludes halogenated alkanes) is 2. The maximum atomic E-state index is 14.6. The fourth-order valence-corrected chi connectivity index (χ4v) is 17.5. The van der Waals surface area contributed by atoms with Crippen molar-refractivity contribution in [1.29, 1.82) is 0 Å². The average Bonchev–Trinajstić information content (AvgIpc) is 0.914. The largest absolute Gasteiger partial charge is 0.501 e. The number of anilines is 2. The zero-order valence-corrected chi connectivity index (χ0v) is 63.5. The molecule has 3 saturated heterocycles. The van der Waals surface area contributed by atoms with Gasteiger partial charge in [0.15, 0.2) is 0 Å². The fraction of sp³-hybridized carbons (Fsp3) is 0.467. The van der Waals surface area contributed by atoms with Gasteiger partial charge in [-0.2, -0.15) is 13.2 Å². The molecule has 0 aliphatic carbocycles. The maximum Gasteiger partial charge on any atom is 0.501 e. The van der Waals surface area contributed by atoms with Gasteiger partial charge in [0, 0.05) is 137 Å². The Morgan fingerprint density at radius 2 is 1.44 bits per heavy atom.